The molecule has 3 nitrogen and oxygen atoms in total. The van der Waals surface area contributed by atoms with E-state index in [0.29, 0.717) is 10.6 Å². The second kappa shape index (κ2) is 5.44. The summed E-state index contributed by atoms with van der Waals surface area (Å²) in [5, 5.41) is 8.53. The van der Waals surface area contributed by atoms with Crippen molar-refractivity contribution in [3.63, 3.8) is 0 Å². The van der Waals surface area contributed by atoms with Crippen molar-refractivity contribution in [2.24, 2.45) is 0 Å². The molecule has 0 aliphatic rings. The molecule has 1 heterocycles. The zero-order valence-corrected chi connectivity index (χ0v) is 8.90. The molecule has 0 spiro atoms. The zero-order chi connectivity index (χ0) is 11.3. The molecule has 0 fully saturated rings. The Morgan fingerprint density at radius 1 is 1.33 bits per heavy atom. The van der Waals surface area contributed by atoms with Crippen molar-refractivity contribution in [1.29, 1.82) is 0 Å². The van der Waals surface area contributed by atoms with E-state index in [0.717, 1.165) is 24.3 Å². The lowest BCUT2D eigenvalue weighted by Crippen LogP contribution is -1.83. The number of pyridine rings is 1. The van der Waals surface area contributed by atoms with E-state index in [1.807, 2.05) is 0 Å². The van der Waals surface area contributed by atoms with Crippen molar-refractivity contribution < 1.29 is 9.90 Å². The number of aliphatic hydroxyl groups is 1. The minimum absolute atomic E-state index is 0.613. The highest BCUT2D eigenvalue weighted by molar-refractivity contribution is 6.35. The number of hydrogen-bond donors (Lipinski definition) is 1. The van der Waals surface area contributed by atoms with Crippen LogP contribution in [0, 0.1) is 0 Å². The first-order valence-electron chi connectivity index (χ1n) is 4.25. The highest BCUT2D eigenvalue weighted by atomic mass is 35.5. The molecule has 1 aromatic carbocycles. The van der Waals surface area contributed by atoms with Crippen LogP contribution >= 0.6 is 11.6 Å². The molecule has 0 aliphatic carbocycles. The molecule has 78 valence electrons. The quantitative estimate of drug-likeness (QED) is 0.755. The van der Waals surface area contributed by atoms with Crippen LogP contribution in [-0.4, -0.2) is 23.5 Å². The second-order valence-electron chi connectivity index (χ2n) is 2.69. The van der Waals surface area contributed by atoms with Crippen LogP contribution < -0.4 is 0 Å². The van der Waals surface area contributed by atoms with Crippen molar-refractivity contribution in [3.8, 4) is 0 Å². The van der Waals surface area contributed by atoms with Crippen molar-refractivity contribution in [1.82, 2.24) is 4.98 Å². The minimum Gasteiger partial charge on any atom is -0.400 e. The van der Waals surface area contributed by atoms with Gasteiger partial charge in [0.2, 0.25) is 0 Å². The van der Waals surface area contributed by atoms with Crippen LogP contribution in [0.1, 0.15) is 10.4 Å². The lowest BCUT2D eigenvalue weighted by molar-refractivity contribution is 0.112. The van der Waals surface area contributed by atoms with Gasteiger partial charge in [-0.05, 0) is 12.1 Å². The number of hydrogen-bond acceptors (Lipinski definition) is 3. The van der Waals surface area contributed by atoms with Gasteiger partial charge in [0.25, 0.3) is 0 Å². The van der Waals surface area contributed by atoms with Gasteiger partial charge in [-0.2, -0.15) is 0 Å². The van der Waals surface area contributed by atoms with Crippen molar-refractivity contribution in [2.75, 3.05) is 7.11 Å². The smallest absolute Gasteiger partial charge is 0.150 e. The fourth-order valence-electron chi connectivity index (χ4n) is 1.20. The maximum absolute atomic E-state index is 10.5. The van der Waals surface area contributed by atoms with E-state index >= 15 is 0 Å². The Morgan fingerprint density at radius 2 is 2.07 bits per heavy atom. The number of carbonyl (C=O) groups excluding carboxylic acids is 1. The number of aldehydes is 1. The predicted octanol–water partition coefficient (Wildman–Crippen LogP) is 2.31. The Labute approximate surface area is 92.3 Å². The molecule has 0 saturated carbocycles. The zero-order valence-electron chi connectivity index (χ0n) is 8.14. The third-order valence-corrected chi connectivity index (χ3v) is 2.18. The summed E-state index contributed by atoms with van der Waals surface area (Å²) in [6.45, 7) is 0. The van der Waals surface area contributed by atoms with Gasteiger partial charge in [0, 0.05) is 24.3 Å². The fraction of sp³-hybridized carbons (Fsp3) is 0.0909. The summed E-state index contributed by atoms with van der Waals surface area (Å²) in [4.78, 5) is 14.6. The van der Waals surface area contributed by atoms with Crippen LogP contribution in [0.3, 0.4) is 0 Å². The standard InChI is InChI=1S/C10H6ClNO.CH4O/c11-9-3-4-12-10-5-7(6-13)1-2-8(9)10;1-2/h1-6H;2H,1H3. The molecule has 1 N–H and O–H groups in total. The van der Waals surface area contributed by atoms with E-state index in [2.05, 4.69) is 4.98 Å². The number of rotatable bonds is 1. The van der Waals surface area contributed by atoms with E-state index in [1.54, 1.807) is 30.5 Å². The Hall–Kier alpha value is -1.45. The SMILES string of the molecule is CO.O=Cc1ccc2c(Cl)ccnc2c1. The molecule has 0 unspecified atom stereocenters. The summed E-state index contributed by atoms with van der Waals surface area (Å²) in [7, 11) is 1.00. The molecule has 0 saturated heterocycles. The van der Waals surface area contributed by atoms with Gasteiger partial charge in [-0.3, -0.25) is 9.78 Å². The molecule has 0 bridgehead atoms. The first-order valence-corrected chi connectivity index (χ1v) is 4.63. The van der Waals surface area contributed by atoms with E-state index < -0.39 is 0 Å². The molecule has 2 rings (SSSR count). The summed E-state index contributed by atoms with van der Waals surface area (Å²) in [5.74, 6) is 0. The second-order valence-corrected chi connectivity index (χ2v) is 3.09. The number of carbonyl (C=O) groups is 1. The first kappa shape index (κ1) is 11.6. The molecule has 2 aromatic rings. The van der Waals surface area contributed by atoms with Gasteiger partial charge in [0.1, 0.15) is 6.29 Å². The number of aliphatic hydroxyl groups excluding tert-OH is 1. The van der Waals surface area contributed by atoms with Crippen LogP contribution in [0.25, 0.3) is 10.9 Å². The van der Waals surface area contributed by atoms with Gasteiger partial charge in [-0.1, -0.05) is 23.7 Å². The third-order valence-electron chi connectivity index (χ3n) is 1.85. The van der Waals surface area contributed by atoms with Crippen LogP contribution in [0.15, 0.2) is 30.5 Å². The largest absolute Gasteiger partial charge is 0.400 e. The number of nitrogens with zero attached hydrogens (tertiary/aromatic N) is 1. The van der Waals surface area contributed by atoms with Crippen molar-refractivity contribution in [3.05, 3.63) is 41.0 Å². The number of halogens is 1. The molecule has 4 heteroatoms. The average Bonchev–Trinajstić information content (AvgIpc) is 2.31. The van der Waals surface area contributed by atoms with Crippen LogP contribution in [0.4, 0.5) is 0 Å². The van der Waals surface area contributed by atoms with Crippen molar-refractivity contribution in [2.45, 2.75) is 0 Å². The summed E-state index contributed by atoms with van der Waals surface area (Å²) < 4.78 is 0. The third kappa shape index (κ3) is 2.52. The normalized spacial score (nSPS) is 9.27. The number of fused-ring (bicyclic) bond motifs is 1. The van der Waals surface area contributed by atoms with Crippen LogP contribution in [-0.2, 0) is 0 Å². The molecule has 15 heavy (non-hydrogen) atoms. The monoisotopic (exact) mass is 223 g/mol. The van der Waals surface area contributed by atoms with Crippen LogP contribution in [0.2, 0.25) is 5.02 Å². The molecular formula is C11H10ClNO2. The van der Waals surface area contributed by atoms with Gasteiger partial charge >= 0.3 is 0 Å². The van der Waals surface area contributed by atoms with Gasteiger partial charge in [0.15, 0.2) is 0 Å². The predicted molar refractivity (Wildman–Crippen MR) is 60.3 cm³/mol. The molecule has 0 aliphatic heterocycles. The average molecular weight is 224 g/mol. The van der Waals surface area contributed by atoms with E-state index in [9.17, 15) is 4.79 Å². The topological polar surface area (TPSA) is 50.2 Å². The molecule has 0 atom stereocenters. The Balaban J connectivity index is 0.000000531. The summed E-state index contributed by atoms with van der Waals surface area (Å²) in [6.07, 6.45) is 2.42. The van der Waals surface area contributed by atoms with Gasteiger partial charge in [-0.15, -0.1) is 0 Å². The maximum Gasteiger partial charge on any atom is 0.150 e. The van der Waals surface area contributed by atoms with Gasteiger partial charge in [0.05, 0.1) is 10.5 Å². The van der Waals surface area contributed by atoms with Crippen LogP contribution in [0.5, 0.6) is 0 Å². The Bertz CT molecular complexity index is 471. The summed E-state index contributed by atoms with van der Waals surface area (Å²) in [5.41, 5.74) is 1.36. The Morgan fingerprint density at radius 3 is 2.73 bits per heavy atom. The number of aromatic nitrogens is 1. The maximum atomic E-state index is 10.5. The van der Waals surface area contributed by atoms with Crippen molar-refractivity contribution >= 4 is 28.8 Å². The lowest BCUT2D eigenvalue weighted by Gasteiger charge is -1.98. The molecule has 0 radical (unpaired) electrons. The minimum atomic E-state index is 0.613. The summed E-state index contributed by atoms with van der Waals surface area (Å²) in [6, 6.07) is 6.97. The highest BCUT2D eigenvalue weighted by Gasteiger charge is 1.99. The highest BCUT2D eigenvalue weighted by Crippen LogP contribution is 2.21. The molecule has 1 aromatic heterocycles. The first-order chi connectivity index (χ1) is 7.31. The molecular weight excluding hydrogens is 214 g/mol. The molecule has 0 amide bonds. The van der Waals surface area contributed by atoms with Gasteiger partial charge in [-0.25, -0.2) is 0 Å². The van der Waals surface area contributed by atoms with E-state index in [-0.39, 0.29) is 0 Å². The Kier molecular flexibility index (Phi) is 4.21. The van der Waals surface area contributed by atoms with E-state index in [1.165, 1.54) is 0 Å². The lowest BCUT2D eigenvalue weighted by atomic mass is 10.1. The summed E-state index contributed by atoms with van der Waals surface area (Å²) >= 11 is 5.92. The fourth-order valence-corrected chi connectivity index (χ4v) is 1.42. The number of benzene rings is 1. The van der Waals surface area contributed by atoms with Gasteiger partial charge < -0.3 is 5.11 Å². The van der Waals surface area contributed by atoms with E-state index in [4.69, 9.17) is 16.7 Å².